The molecule has 136 valence electrons. The molecule has 0 N–H and O–H groups in total. The van der Waals surface area contributed by atoms with Gasteiger partial charge in [0, 0.05) is 12.1 Å². The van der Waals surface area contributed by atoms with Crippen molar-refractivity contribution in [3.63, 3.8) is 0 Å². The van der Waals surface area contributed by atoms with E-state index < -0.39 is 0 Å². The third-order valence-electron chi connectivity index (χ3n) is 3.87. The van der Waals surface area contributed by atoms with Gasteiger partial charge in [-0.2, -0.15) is 0 Å². The summed E-state index contributed by atoms with van der Waals surface area (Å²) in [6, 6.07) is 7.81. The van der Waals surface area contributed by atoms with Crippen LogP contribution in [0.5, 0.6) is 0 Å². The van der Waals surface area contributed by atoms with Crippen LogP contribution in [-0.2, 0) is 12.3 Å². The molecule has 0 saturated heterocycles. The third-order valence-corrected chi connectivity index (χ3v) is 5.63. The predicted molar refractivity (Wildman–Crippen MR) is 106 cm³/mol. The molecule has 5 nitrogen and oxygen atoms in total. The van der Waals surface area contributed by atoms with Crippen LogP contribution in [-0.4, -0.2) is 14.5 Å². The van der Waals surface area contributed by atoms with Crippen LogP contribution in [0.3, 0.4) is 0 Å². The molecule has 27 heavy (non-hydrogen) atoms. The number of hydrogen-bond donors (Lipinski definition) is 0. The molecular formula is C19H14FN3O2S2. The number of benzene rings is 1. The van der Waals surface area contributed by atoms with E-state index in [9.17, 15) is 9.18 Å². The summed E-state index contributed by atoms with van der Waals surface area (Å²) in [6.07, 6.45) is 3.28. The average Bonchev–Trinajstić information content (AvgIpc) is 3.33. The van der Waals surface area contributed by atoms with Gasteiger partial charge in [0.2, 0.25) is 5.89 Å². The summed E-state index contributed by atoms with van der Waals surface area (Å²) in [5.74, 6) is 1.19. The number of fused-ring (bicyclic) bond motifs is 1. The summed E-state index contributed by atoms with van der Waals surface area (Å²) >= 11 is 2.81. The maximum Gasteiger partial charge on any atom is 0.263 e. The first-order valence-electron chi connectivity index (χ1n) is 8.08. The lowest BCUT2D eigenvalue weighted by Crippen LogP contribution is -2.22. The van der Waals surface area contributed by atoms with E-state index in [1.165, 1.54) is 35.2 Å². The molecule has 0 amide bonds. The average molecular weight is 399 g/mol. The Kier molecular flexibility index (Phi) is 4.91. The van der Waals surface area contributed by atoms with Crippen LogP contribution in [0.15, 0.2) is 68.9 Å². The molecule has 0 aliphatic rings. The number of nitrogens with zero attached hydrogens (tertiary/aromatic N) is 3. The van der Waals surface area contributed by atoms with Gasteiger partial charge in [0.15, 0.2) is 10.9 Å². The number of hydrogen-bond acceptors (Lipinski definition) is 6. The molecule has 4 rings (SSSR count). The van der Waals surface area contributed by atoms with E-state index in [1.807, 2.05) is 5.38 Å². The lowest BCUT2D eigenvalue weighted by Gasteiger charge is -2.08. The first-order chi connectivity index (χ1) is 13.2. The Labute approximate surface area is 162 Å². The standard InChI is InChI=1S/C19H14FN3O2S2/c1-2-8-23-18(24)14-7-9-26-17(14)22-19(23)27-11-16-21-10-15(25-16)12-3-5-13(20)6-4-12/h2-7,9-10H,1,8,11H2. The second-order valence-electron chi connectivity index (χ2n) is 5.65. The van der Waals surface area contributed by atoms with Gasteiger partial charge in [0.1, 0.15) is 10.6 Å². The van der Waals surface area contributed by atoms with Gasteiger partial charge in [0.25, 0.3) is 5.56 Å². The molecule has 4 aromatic rings. The monoisotopic (exact) mass is 399 g/mol. The number of rotatable bonds is 6. The first-order valence-corrected chi connectivity index (χ1v) is 9.94. The molecule has 3 aromatic heterocycles. The van der Waals surface area contributed by atoms with Crippen molar-refractivity contribution in [1.82, 2.24) is 14.5 Å². The molecule has 0 aliphatic carbocycles. The molecule has 0 spiro atoms. The minimum absolute atomic E-state index is 0.0805. The van der Waals surface area contributed by atoms with Gasteiger partial charge < -0.3 is 4.42 Å². The highest BCUT2D eigenvalue weighted by Crippen LogP contribution is 2.26. The van der Waals surface area contributed by atoms with Crippen molar-refractivity contribution >= 4 is 33.3 Å². The van der Waals surface area contributed by atoms with Crippen molar-refractivity contribution in [2.75, 3.05) is 0 Å². The topological polar surface area (TPSA) is 60.9 Å². The van der Waals surface area contributed by atoms with Crippen molar-refractivity contribution < 1.29 is 8.81 Å². The summed E-state index contributed by atoms with van der Waals surface area (Å²) in [6.45, 7) is 4.10. The van der Waals surface area contributed by atoms with E-state index >= 15 is 0 Å². The molecule has 0 saturated carbocycles. The Hall–Kier alpha value is -2.71. The summed E-state index contributed by atoms with van der Waals surface area (Å²) < 4.78 is 20.4. The van der Waals surface area contributed by atoms with Gasteiger partial charge in [-0.1, -0.05) is 17.8 Å². The molecule has 0 radical (unpaired) electrons. The molecule has 0 atom stereocenters. The number of allylic oxidation sites excluding steroid dienone is 1. The Bertz CT molecular complexity index is 1160. The highest BCUT2D eigenvalue weighted by Gasteiger charge is 2.14. The zero-order chi connectivity index (χ0) is 18.8. The van der Waals surface area contributed by atoms with Crippen molar-refractivity contribution in [2.45, 2.75) is 17.5 Å². The largest absolute Gasteiger partial charge is 0.440 e. The lowest BCUT2D eigenvalue weighted by molar-refractivity contribution is 0.529. The van der Waals surface area contributed by atoms with Crippen LogP contribution >= 0.6 is 23.1 Å². The van der Waals surface area contributed by atoms with Gasteiger partial charge in [-0.15, -0.1) is 17.9 Å². The van der Waals surface area contributed by atoms with Crippen LogP contribution < -0.4 is 5.56 Å². The van der Waals surface area contributed by atoms with Crippen LogP contribution in [0.4, 0.5) is 4.39 Å². The molecule has 0 bridgehead atoms. The van der Waals surface area contributed by atoms with Gasteiger partial charge in [-0.05, 0) is 35.7 Å². The fourth-order valence-electron chi connectivity index (χ4n) is 2.58. The van der Waals surface area contributed by atoms with Crippen LogP contribution in [0.25, 0.3) is 21.5 Å². The fourth-order valence-corrected chi connectivity index (χ4v) is 4.25. The maximum absolute atomic E-state index is 13.0. The quantitative estimate of drug-likeness (QED) is 0.266. The SMILES string of the molecule is C=CCn1c(SCc2ncc(-c3ccc(F)cc3)o2)nc2sccc2c1=O. The summed E-state index contributed by atoms with van der Waals surface area (Å²) in [5.41, 5.74) is 0.671. The molecule has 1 aromatic carbocycles. The van der Waals surface area contributed by atoms with Gasteiger partial charge in [0.05, 0.1) is 17.3 Å². The van der Waals surface area contributed by atoms with Crippen molar-refractivity contribution in [3.05, 3.63) is 76.6 Å². The number of halogens is 1. The molecular weight excluding hydrogens is 385 g/mol. The summed E-state index contributed by atoms with van der Waals surface area (Å²) in [5, 5.41) is 3.06. The number of thioether (sulfide) groups is 1. The van der Waals surface area contributed by atoms with E-state index in [2.05, 4.69) is 16.5 Å². The van der Waals surface area contributed by atoms with Gasteiger partial charge >= 0.3 is 0 Å². The third kappa shape index (κ3) is 3.58. The van der Waals surface area contributed by atoms with E-state index in [0.29, 0.717) is 39.3 Å². The molecule has 8 heteroatoms. The van der Waals surface area contributed by atoms with Crippen LogP contribution in [0.2, 0.25) is 0 Å². The Morgan fingerprint density at radius 3 is 2.89 bits per heavy atom. The maximum atomic E-state index is 13.0. The molecule has 0 unspecified atom stereocenters. The minimum Gasteiger partial charge on any atom is -0.440 e. The minimum atomic E-state index is -0.302. The zero-order valence-corrected chi connectivity index (χ0v) is 15.7. The second kappa shape index (κ2) is 7.50. The Morgan fingerprint density at radius 1 is 1.30 bits per heavy atom. The van der Waals surface area contributed by atoms with Crippen molar-refractivity contribution in [1.29, 1.82) is 0 Å². The molecule has 0 aliphatic heterocycles. The predicted octanol–water partition coefficient (Wildman–Crippen LogP) is 4.73. The number of aromatic nitrogens is 3. The number of oxazole rings is 1. The van der Waals surface area contributed by atoms with Gasteiger partial charge in [-0.25, -0.2) is 14.4 Å². The highest BCUT2D eigenvalue weighted by atomic mass is 32.2. The fraction of sp³-hybridized carbons (Fsp3) is 0.105. The summed E-state index contributed by atoms with van der Waals surface area (Å²) in [4.78, 5) is 22.2. The van der Waals surface area contributed by atoms with Gasteiger partial charge in [-0.3, -0.25) is 9.36 Å². The highest BCUT2D eigenvalue weighted by molar-refractivity contribution is 7.98. The zero-order valence-electron chi connectivity index (χ0n) is 14.1. The molecule has 3 heterocycles. The second-order valence-corrected chi connectivity index (χ2v) is 7.49. The van der Waals surface area contributed by atoms with E-state index in [1.54, 1.807) is 35.0 Å². The van der Waals surface area contributed by atoms with Crippen molar-refractivity contribution in [3.8, 4) is 11.3 Å². The van der Waals surface area contributed by atoms with E-state index in [4.69, 9.17) is 4.42 Å². The smallest absolute Gasteiger partial charge is 0.263 e. The summed E-state index contributed by atoms with van der Waals surface area (Å²) in [7, 11) is 0. The van der Waals surface area contributed by atoms with E-state index in [-0.39, 0.29) is 11.4 Å². The van der Waals surface area contributed by atoms with Crippen LogP contribution in [0.1, 0.15) is 5.89 Å². The van der Waals surface area contributed by atoms with Crippen LogP contribution in [0, 0.1) is 5.82 Å². The lowest BCUT2D eigenvalue weighted by atomic mass is 10.2. The van der Waals surface area contributed by atoms with E-state index in [0.717, 1.165) is 5.56 Å². The Balaban J connectivity index is 1.58. The molecule has 0 fully saturated rings. The normalized spacial score (nSPS) is 11.1. The van der Waals surface area contributed by atoms with Crippen molar-refractivity contribution in [2.24, 2.45) is 0 Å². The Morgan fingerprint density at radius 2 is 2.11 bits per heavy atom. The first kappa shape index (κ1) is 17.7. The number of thiophene rings is 1.